The lowest BCUT2D eigenvalue weighted by atomic mass is 9.96. The molecule has 0 fully saturated rings. The molecule has 1 amide bonds. The summed E-state index contributed by atoms with van der Waals surface area (Å²) in [6.45, 7) is 10.2. The number of nitrogens with zero attached hydrogens (tertiary/aromatic N) is 2. The largest absolute Gasteiger partial charge is 0.492 e. The molecule has 0 saturated carbocycles. The topological polar surface area (TPSA) is 66.0 Å². The van der Waals surface area contributed by atoms with Gasteiger partial charge >= 0.3 is 0 Å². The summed E-state index contributed by atoms with van der Waals surface area (Å²) in [5, 5.41) is 6.15. The summed E-state index contributed by atoms with van der Waals surface area (Å²) < 4.78 is 5.74. The van der Waals surface area contributed by atoms with Crippen LogP contribution in [0.3, 0.4) is 0 Å². The van der Waals surface area contributed by atoms with E-state index >= 15 is 0 Å². The Kier molecular flexibility index (Phi) is 8.25. The van der Waals surface area contributed by atoms with Gasteiger partial charge in [0.25, 0.3) is 0 Å². The molecule has 0 aromatic heterocycles. The Balaban J connectivity index is 2.29. The van der Waals surface area contributed by atoms with Crippen LogP contribution < -0.4 is 15.4 Å². The second kappa shape index (κ2) is 9.91. The van der Waals surface area contributed by atoms with Crippen molar-refractivity contribution in [3.8, 4) is 5.75 Å². The molecule has 6 nitrogen and oxygen atoms in total. The van der Waals surface area contributed by atoms with Gasteiger partial charge in [-0.05, 0) is 19.1 Å². The molecule has 25 heavy (non-hydrogen) atoms. The monoisotopic (exact) mass is 348 g/mol. The van der Waals surface area contributed by atoms with Crippen LogP contribution in [0.1, 0.15) is 26.3 Å². The van der Waals surface area contributed by atoms with Gasteiger partial charge in [0.15, 0.2) is 5.96 Å². The van der Waals surface area contributed by atoms with E-state index in [0.29, 0.717) is 26.2 Å². The van der Waals surface area contributed by atoms with Crippen molar-refractivity contribution >= 4 is 11.9 Å². The number of rotatable bonds is 7. The molecule has 0 spiro atoms. The molecule has 0 aliphatic rings. The van der Waals surface area contributed by atoms with Crippen molar-refractivity contribution < 1.29 is 9.53 Å². The molecule has 0 saturated heterocycles. The highest BCUT2D eigenvalue weighted by molar-refractivity contribution is 5.81. The van der Waals surface area contributed by atoms with Crippen LogP contribution in [0.2, 0.25) is 0 Å². The van der Waals surface area contributed by atoms with Crippen LogP contribution in [0.5, 0.6) is 5.75 Å². The van der Waals surface area contributed by atoms with E-state index in [2.05, 4.69) is 22.5 Å². The van der Waals surface area contributed by atoms with Crippen LogP contribution in [-0.2, 0) is 4.79 Å². The van der Waals surface area contributed by atoms with Gasteiger partial charge in [-0.2, -0.15) is 0 Å². The maximum absolute atomic E-state index is 11.8. The quantitative estimate of drug-likeness (QED) is 0.450. The van der Waals surface area contributed by atoms with E-state index in [1.807, 2.05) is 57.0 Å². The van der Waals surface area contributed by atoms with Gasteiger partial charge in [-0.25, -0.2) is 0 Å². The zero-order valence-electron chi connectivity index (χ0n) is 16.3. The van der Waals surface area contributed by atoms with Gasteiger partial charge in [0.05, 0.1) is 6.54 Å². The average molecular weight is 348 g/mol. The summed E-state index contributed by atoms with van der Waals surface area (Å²) in [6.07, 6.45) is 0. The minimum absolute atomic E-state index is 0.0455. The third kappa shape index (κ3) is 7.92. The predicted molar refractivity (Wildman–Crippen MR) is 103 cm³/mol. The first-order chi connectivity index (χ1) is 11.7. The Labute approximate surface area is 151 Å². The summed E-state index contributed by atoms with van der Waals surface area (Å²) in [4.78, 5) is 18.1. The van der Waals surface area contributed by atoms with Crippen LogP contribution in [-0.4, -0.2) is 57.1 Å². The van der Waals surface area contributed by atoms with Crippen LogP contribution in [0.15, 0.2) is 29.3 Å². The lowest BCUT2D eigenvalue weighted by Crippen LogP contribution is -2.45. The van der Waals surface area contributed by atoms with Crippen molar-refractivity contribution in [2.45, 2.75) is 27.7 Å². The molecule has 0 bridgehead atoms. The number of nitrogens with one attached hydrogen (secondary N) is 2. The van der Waals surface area contributed by atoms with Gasteiger partial charge in [0.1, 0.15) is 12.4 Å². The molecule has 140 valence electrons. The van der Waals surface area contributed by atoms with Crippen molar-refractivity contribution in [1.29, 1.82) is 0 Å². The summed E-state index contributed by atoms with van der Waals surface area (Å²) >= 11 is 0. The van der Waals surface area contributed by atoms with Crippen LogP contribution >= 0.6 is 0 Å². The van der Waals surface area contributed by atoms with Gasteiger partial charge < -0.3 is 20.3 Å². The zero-order valence-corrected chi connectivity index (χ0v) is 16.3. The highest BCUT2D eigenvalue weighted by Gasteiger charge is 2.20. The van der Waals surface area contributed by atoms with Gasteiger partial charge in [0.2, 0.25) is 5.91 Å². The minimum atomic E-state index is -0.369. The van der Waals surface area contributed by atoms with Crippen molar-refractivity contribution in [3.05, 3.63) is 29.8 Å². The zero-order chi connectivity index (χ0) is 18.9. The number of aliphatic imine (C=N–C) groups is 1. The minimum Gasteiger partial charge on any atom is -0.492 e. The van der Waals surface area contributed by atoms with E-state index in [1.54, 1.807) is 7.05 Å². The van der Waals surface area contributed by atoms with Gasteiger partial charge in [0, 0.05) is 32.6 Å². The molecule has 0 heterocycles. The SMILES string of the molecule is CN=C(NCCNC(=O)C(C)(C)C)N(C)CCOc1ccc(C)cc1. The van der Waals surface area contributed by atoms with Crippen molar-refractivity contribution in [1.82, 2.24) is 15.5 Å². The highest BCUT2D eigenvalue weighted by atomic mass is 16.5. The molecule has 6 heteroatoms. The van der Waals surface area contributed by atoms with Gasteiger partial charge in [-0.15, -0.1) is 0 Å². The summed E-state index contributed by atoms with van der Waals surface area (Å²) in [5.74, 6) is 1.69. The molecule has 1 aromatic carbocycles. The molecular weight excluding hydrogens is 316 g/mol. The number of amides is 1. The van der Waals surface area contributed by atoms with E-state index in [1.165, 1.54) is 5.56 Å². The first-order valence-electron chi connectivity index (χ1n) is 8.63. The number of ether oxygens (including phenoxy) is 1. The molecule has 1 rings (SSSR count). The number of likely N-dealkylation sites (N-methyl/N-ethyl adjacent to an activating group) is 1. The van der Waals surface area contributed by atoms with Gasteiger partial charge in [-0.1, -0.05) is 38.5 Å². The van der Waals surface area contributed by atoms with Crippen LogP contribution in [0.25, 0.3) is 0 Å². The number of hydrogen-bond acceptors (Lipinski definition) is 3. The van der Waals surface area contributed by atoms with Gasteiger partial charge in [-0.3, -0.25) is 9.79 Å². The number of benzene rings is 1. The number of hydrogen-bond donors (Lipinski definition) is 2. The maximum atomic E-state index is 11.8. The lowest BCUT2D eigenvalue weighted by Gasteiger charge is -2.23. The third-order valence-corrected chi connectivity index (χ3v) is 3.66. The summed E-state index contributed by atoms with van der Waals surface area (Å²) in [6, 6.07) is 8.01. The first kappa shape index (κ1) is 20.8. The normalized spacial score (nSPS) is 11.8. The summed E-state index contributed by atoms with van der Waals surface area (Å²) in [7, 11) is 3.70. The predicted octanol–water partition coefficient (Wildman–Crippen LogP) is 2.04. The summed E-state index contributed by atoms with van der Waals surface area (Å²) in [5.41, 5.74) is 0.846. The smallest absolute Gasteiger partial charge is 0.225 e. The first-order valence-corrected chi connectivity index (χ1v) is 8.63. The number of guanidine groups is 1. The number of aryl methyl sites for hydroxylation is 1. The molecule has 0 aliphatic heterocycles. The molecule has 1 aromatic rings. The average Bonchev–Trinajstić information content (AvgIpc) is 2.55. The Bertz CT molecular complexity index is 562. The molecule has 0 aliphatic carbocycles. The van der Waals surface area contributed by atoms with E-state index in [0.717, 1.165) is 11.7 Å². The Morgan fingerprint density at radius 3 is 2.32 bits per heavy atom. The van der Waals surface area contributed by atoms with Crippen LogP contribution in [0.4, 0.5) is 0 Å². The lowest BCUT2D eigenvalue weighted by molar-refractivity contribution is -0.128. The number of carbonyl (C=O) groups is 1. The van der Waals surface area contributed by atoms with Crippen molar-refractivity contribution in [3.63, 3.8) is 0 Å². The molecular formula is C19H32N4O2. The molecule has 0 atom stereocenters. The fourth-order valence-corrected chi connectivity index (χ4v) is 2.04. The van der Waals surface area contributed by atoms with E-state index in [9.17, 15) is 4.79 Å². The van der Waals surface area contributed by atoms with Crippen molar-refractivity contribution in [2.75, 3.05) is 40.3 Å². The fourth-order valence-electron chi connectivity index (χ4n) is 2.04. The molecule has 2 N–H and O–H groups in total. The Hall–Kier alpha value is -2.24. The van der Waals surface area contributed by atoms with E-state index < -0.39 is 0 Å². The molecule has 0 unspecified atom stereocenters. The maximum Gasteiger partial charge on any atom is 0.225 e. The second-order valence-corrected chi connectivity index (χ2v) is 7.06. The third-order valence-electron chi connectivity index (χ3n) is 3.66. The fraction of sp³-hybridized carbons (Fsp3) is 0.579. The Morgan fingerprint density at radius 2 is 1.76 bits per heavy atom. The molecule has 0 radical (unpaired) electrons. The van der Waals surface area contributed by atoms with Crippen LogP contribution in [0, 0.1) is 12.3 Å². The highest BCUT2D eigenvalue weighted by Crippen LogP contribution is 2.12. The van der Waals surface area contributed by atoms with E-state index in [4.69, 9.17) is 4.74 Å². The van der Waals surface area contributed by atoms with E-state index in [-0.39, 0.29) is 11.3 Å². The van der Waals surface area contributed by atoms with Crippen molar-refractivity contribution in [2.24, 2.45) is 10.4 Å². The second-order valence-electron chi connectivity index (χ2n) is 7.06. The standard InChI is InChI=1S/C19H32N4O2/c1-15-7-9-16(10-8-15)25-14-13-23(6)18(20-5)22-12-11-21-17(24)19(2,3)4/h7-10H,11-14H2,1-6H3,(H,20,22)(H,21,24). The Morgan fingerprint density at radius 1 is 1.16 bits per heavy atom. The number of carbonyl (C=O) groups excluding carboxylic acids is 1.